The first-order valence-electron chi connectivity index (χ1n) is 8.98. The fourth-order valence-corrected chi connectivity index (χ4v) is 5.61. The van der Waals surface area contributed by atoms with Crippen molar-refractivity contribution in [3.8, 4) is 10.8 Å². The van der Waals surface area contributed by atoms with Gasteiger partial charge in [0.25, 0.3) is 11.8 Å². The maximum Gasteiger partial charge on any atom is 0.314 e. The Morgan fingerprint density at radius 3 is 2.55 bits per heavy atom. The molecule has 2 heterocycles. The predicted molar refractivity (Wildman–Crippen MR) is 103 cm³/mol. The van der Waals surface area contributed by atoms with Gasteiger partial charge in [-0.15, -0.1) is 21.5 Å². The Balaban J connectivity index is 1.64. The molecule has 0 unspecified atom stereocenters. The summed E-state index contributed by atoms with van der Waals surface area (Å²) in [5, 5.41) is 7.45. The smallest absolute Gasteiger partial charge is 0.314 e. The van der Waals surface area contributed by atoms with Crippen LogP contribution < -0.4 is 0 Å². The molecule has 0 amide bonds. The minimum Gasteiger partial charge on any atom is -0.414 e. The fraction of sp³-hybridized carbons (Fsp3) is 0.389. The number of hydrogen-bond donors (Lipinski definition) is 0. The van der Waals surface area contributed by atoms with E-state index in [1.54, 1.807) is 6.92 Å². The topological polar surface area (TPSA) is 89.2 Å². The lowest BCUT2D eigenvalue weighted by Crippen LogP contribution is -2.40. The van der Waals surface area contributed by atoms with E-state index < -0.39 is 27.9 Å². The van der Waals surface area contributed by atoms with Crippen molar-refractivity contribution < 1.29 is 21.6 Å². The molecule has 1 fully saturated rings. The van der Waals surface area contributed by atoms with Crippen molar-refractivity contribution in [1.82, 2.24) is 19.5 Å². The minimum atomic E-state index is -3.51. The van der Waals surface area contributed by atoms with Gasteiger partial charge in [0.15, 0.2) is 0 Å². The lowest BCUT2D eigenvalue weighted by atomic mass is 10.1. The van der Waals surface area contributed by atoms with Crippen LogP contribution in [0.4, 0.5) is 8.78 Å². The molecule has 0 bridgehead atoms. The van der Waals surface area contributed by atoms with Crippen LogP contribution in [0.3, 0.4) is 0 Å². The van der Waals surface area contributed by atoms with Gasteiger partial charge >= 0.3 is 6.43 Å². The zero-order valence-electron chi connectivity index (χ0n) is 15.5. The minimum absolute atomic E-state index is 0.0266. The third kappa shape index (κ3) is 3.81. The Morgan fingerprint density at radius 1 is 1.24 bits per heavy atom. The zero-order chi connectivity index (χ0) is 20.6. The van der Waals surface area contributed by atoms with Gasteiger partial charge < -0.3 is 4.42 Å². The summed E-state index contributed by atoms with van der Waals surface area (Å²) in [7, 11) is -3.51. The second kappa shape index (κ2) is 7.54. The number of benzene rings is 1. The van der Waals surface area contributed by atoms with E-state index in [1.165, 1.54) is 10.5 Å². The number of halogens is 2. The van der Waals surface area contributed by atoms with Crippen LogP contribution in [0.25, 0.3) is 10.8 Å². The number of alkyl halides is 2. The highest BCUT2D eigenvalue weighted by Crippen LogP contribution is 2.53. The van der Waals surface area contributed by atoms with E-state index in [0.29, 0.717) is 9.88 Å². The summed E-state index contributed by atoms with van der Waals surface area (Å²) in [6, 6.07) is 9.54. The standard InChI is InChI=1S/C18H18F2N4O3S2/c1-2-29(25,26)24(18(8-9-18)12-6-4-3-5-7-12)11-14-21-10-13(28-14)16-22-23-17(27-16)15(19)20/h3-7,10,15H,2,8-9,11H2,1H3. The molecule has 3 aromatic rings. The highest BCUT2D eigenvalue weighted by Gasteiger charge is 2.53. The molecule has 1 aliphatic rings. The van der Waals surface area contributed by atoms with E-state index in [9.17, 15) is 17.2 Å². The number of hydrogen-bond acceptors (Lipinski definition) is 7. The highest BCUT2D eigenvalue weighted by atomic mass is 32.2. The van der Waals surface area contributed by atoms with E-state index in [4.69, 9.17) is 4.42 Å². The van der Waals surface area contributed by atoms with Gasteiger partial charge in [-0.05, 0) is 25.3 Å². The lowest BCUT2D eigenvalue weighted by Gasteiger charge is -2.30. The monoisotopic (exact) mass is 440 g/mol. The summed E-state index contributed by atoms with van der Waals surface area (Å²) in [6.45, 7) is 1.70. The SMILES string of the molecule is CCS(=O)(=O)N(Cc1ncc(-c2nnc(C(F)F)o2)s1)C1(c2ccccc2)CC1. The van der Waals surface area contributed by atoms with Crippen molar-refractivity contribution in [2.45, 2.75) is 38.3 Å². The van der Waals surface area contributed by atoms with E-state index in [2.05, 4.69) is 15.2 Å². The van der Waals surface area contributed by atoms with Crippen molar-refractivity contribution in [1.29, 1.82) is 0 Å². The molecule has 29 heavy (non-hydrogen) atoms. The maximum atomic E-state index is 12.9. The van der Waals surface area contributed by atoms with E-state index in [-0.39, 0.29) is 18.2 Å². The molecule has 1 aromatic carbocycles. The number of sulfonamides is 1. The molecule has 1 aliphatic carbocycles. The summed E-state index contributed by atoms with van der Waals surface area (Å²) in [5.74, 6) is -0.842. The summed E-state index contributed by atoms with van der Waals surface area (Å²) in [6.07, 6.45) is 0.0438. The molecule has 0 saturated heterocycles. The number of thiazole rings is 1. The van der Waals surface area contributed by atoms with Crippen LogP contribution in [0.2, 0.25) is 0 Å². The number of aromatic nitrogens is 3. The second-order valence-corrected chi connectivity index (χ2v) is 9.97. The molecule has 11 heteroatoms. The summed E-state index contributed by atoms with van der Waals surface area (Å²) < 4.78 is 57.6. The van der Waals surface area contributed by atoms with Crippen LogP contribution in [0, 0.1) is 0 Å². The normalized spacial score (nSPS) is 15.9. The average molecular weight is 440 g/mol. The largest absolute Gasteiger partial charge is 0.414 e. The van der Waals surface area contributed by atoms with Gasteiger partial charge in [0.1, 0.15) is 9.88 Å². The molecule has 0 N–H and O–H groups in total. The predicted octanol–water partition coefficient (Wildman–Crippen LogP) is 3.97. The molecule has 154 valence electrons. The van der Waals surface area contributed by atoms with Gasteiger partial charge in [-0.2, -0.15) is 13.1 Å². The van der Waals surface area contributed by atoms with Gasteiger partial charge in [0.2, 0.25) is 10.0 Å². The molecular formula is C18H18F2N4O3S2. The average Bonchev–Trinajstić information content (AvgIpc) is 3.14. The first kappa shape index (κ1) is 20.0. The Labute approximate surface area is 170 Å². The van der Waals surface area contributed by atoms with Gasteiger partial charge in [0, 0.05) is 0 Å². The van der Waals surface area contributed by atoms with Gasteiger partial charge in [-0.3, -0.25) is 0 Å². The van der Waals surface area contributed by atoms with Crippen molar-refractivity contribution in [2.75, 3.05) is 5.75 Å². The molecular weight excluding hydrogens is 422 g/mol. The Bertz CT molecular complexity index is 1100. The molecule has 7 nitrogen and oxygen atoms in total. The first-order valence-corrected chi connectivity index (χ1v) is 11.4. The van der Waals surface area contributed by atoms with E-state index in [1.807, 2.05) is 30.3 Å². The zero-order valence-corrected chi connectivity index (χ0v) is 17.1. The Kier molecular flexibility index (Phi) is 5.21. The van der Waals surface area contributed by atoms with Crippen molar-refractivity contribution in [3.63, 3.8) is 0 Å². The quantitative estimate of drug-likeness (QED) is 0.527. The van der Waals surface area contributed by atoms with Crippen molar-refractivity contribution in [2.24, 2.45) is 0 Å². The van der Waals surface area contributed by atoms with Crippen molar-refractivity contribution >= 4 is 21.4 Å². The van der Waals surface area contributed by atoms with Crippen LogP contribution in [0.1, 0.15) is 42.7 Å². The first-order chi connectivity index (χ1) is 13.9. The fourth-order valence-electron chi connectivity index (χ4n) is 3.25. The Hall–Kier alpha value is -2.24. The molecule has 4 rings (SSSR count). The molecule has 0 radical (unpaired) electrons. The van der Waals surface area contributed by atoms with Crippen LogP contribution >= 0.6 is 11.3 Å². The van der Waals surface area contributed by atoms with Gasteiger partial charge in [-0.25, -0.2) is 13.4 Å². The summed E-state index contributed by atoms with van der Waals surface area (Å²) in [4.78, 5) is 4.68. The molecule has 0 spiro atoms. The van der Waals surface area contributed by atoms with E-state index >= 15 is 0 Å². The van der Waals surface area contributed by atoms with Crippen LogP contribution in [-0.4, -0.2) is 33.7 Å². The molecule has 0 atom stereocenters. The van der Waals surface area contributed by atoms with E-state index in [0.717, 1.165) is 29.7 Å². The Morgan fingerprint density at radius 2 is 1.97 bits per heavy atom. The van der Waals surface area contributed by atoms with Crippen molar-refractivity contribution in [3.05, 3.63) is 53.0 Å². The molecule has 2 aromatic heterocycles. The third-order valence-electron chi connectivity index (χ3n) is 4.88. The highest BCUT2D eigenvalue weighted by molar-refractivity contribution is 7.89. The summed E-state index contributed by atoms with van der Waals surface area (Å²) >= 11 is 1.15. The number of rotatable bonds is 8. The van der Waals surface area contributed by atoms with Crippen LogP contribution in [-0.2, 0) is 22.1 Å². The molecule has 1 saturated carbocycles. The van der Waals surface area contributed by atoms with Crippen LogP contribution in [0.5, 0.6) is 0 Å². The van der Waals surface area contributed by atoms with Gasteiger partial charge in [0.05, 0.1) is 24.0 Å². The molecule has 0 aliphatic heterocycles. The lowest BCUT2D eigenvalue weighted by molar-refractivity contribution is 0.116. The second-order valence-electron chi connectivity index (χ2n) is 6.67. The maximum absolute atomic E-state index is 12.9. The summed E-state index contributed by atoms with van der Waals surface area (Å²) in [5.41, 5.74) is 0.377. The van der Waals surface area contributed by atoms with Crippen LogP contribution in [0.15, 0.2) is 40.9 Å². The third-order valence-corrected chi connectivity index (χ3v) is 7.73. The van der Waals surface area contributed by atoms with Gasteiger partial charge in [-0.1, -0.05) is 30.3 Å². The number of nitrogens with zero attached hydrogens (tertiary/aromatic N) is 4.